The molecule has 96 valence electrons. The number of thiophene rings is 1. The fourth-order valence-electron chi connectivity index (χ4n) is 1.70. The summed E-state index contributed by atoms with van der Waals surface area (Å²) in [5, 5.41) is 3.36. The van der Waals surface area contributed by atoms with E-state index in [-0.39, 0.29) is 11.9 Å². The normalized spacial score (nSPS) is 12.4. The van der Waals surface area contributed by atoms with Crippen molar-refractivity contribution in [2.45, 2.75) is 26.3 Å². The van der Waals surface area contributed by atoms with E-state index < -0.39 is 5.82 Å². The molecule has 2 aromatic heterocycles. The zero-order valence-electron chi connectivity index (χ0n) is 10.2. The Labute approximate surface area is 115 Å². The summed E-state index contributed by atoms with van der Waals surface area (Å²) in [6, 6.07) is 5.57. The van der Waals surface area contributed by atoms with E-state index in [9.17, 15) is 4.39 Å². The molecule has 0 spiro atoms. The number of halogens is 2. The first-order valence-corrected chi connectivity index (χ1v) is 6.87. The average molecular weight is 285 g/mol. The highest BCUT2D eigenvalue weighted by molar-refractivity contribution is 7.11. The molecule has 0 aliphatic rings. The van der Waals surface area contributed by atoms with E-state index in [0.29, 0.717) is 5.02 Å². The van der Waals surface area contributed by atoms with Crippen LogP contribution in [0.2, 0.25) is 5.02 Å². The molecule has 2 rings (SSSR count). The van der Waals surface area contributed by atoms with Crippen LogP contribution in [0.5, 0.6) is 0 Å². The smallest absolute Gasteiger partial charge is 0.166 e. The van der Waals surface area contributed by atoms with Crippen molar-refractivity contribution in [2.24, 2.45) is 0 Å². The lowest BCUT2D eigenvalue weighted by Crippen LogP contribution is -2.19. The van der Waals surface area contributed by atoms with Crippen molar-refractivity contribution in [3.8, 4) is 0 Å². The summed E-state index contributed by atoms with van der Waals surface area (Å²) < 4.78 is 13.5. The van der Waals surface area contributed by atoms with E-state index in [1.54, 1.807) is 11.3 Å². The van der Waals surface area contributed by atoms with Crippen LogP contribution >= 0.6 is 22.9 Å². The van der Waals surface area contributed by atoms with Crippen molar-refractivity contribution < 1.29 is 4.39 Å². The van der Waals surface area contributed by atoms with Gasteiger partial charge >= 0.3 is 0 Å². The number of aryl methyl sites for hydroxylation is 1. The number of rotatable bonds is 4. The molecule has 2 nitrogen and oxygen atoms in total. The minimum absolute atomic E-state index is 0.117. The highest BCUT2D eigenvalue weighted by atomic mass is 35.5. The second-order valence-electron chi connectivity index (χ2n) is 4.25. The van der Waals surface area contributed by atoms with Crippen LogP contribution in [-0.2, 0) is 6.42 Å². The van der Waals surface area contributed by atoms with Gasteiger partial charge in [-0.05, 0) is 32.0 Å². The number of pyridine rings is 1. The highest BCUT2D eigenvalue weighted by Crippen LogP contribution is 2.20. The first-order valence-electron chi connectivity index (χ1n) is 5.67. The molecule has 0 radical (unpaired) electrons. The Morgan fingerprint density at radius 3 is 2.89 bits per heavy atom. The zero-order chi connectivity index (χ0) is 13.1. The first-order chi connectivity index (χ1) is 8.54. The summed E-state index contributed by atoms with van der Waals surface area (Å²) in [6.45, 7) is 4.08. The molecular formula is C13H14ClFN2S. The molecule has 0 amide bonds. The van der Waals surface area contributed by atoms with Crippen LogP contribution in [0.3, 0.4) is 0 Å². The van der Waals surface area contributed by atoms with Crippen LogP contribution in [0.1, 0.15) is 16.7 Å². The minimum atomic E-state index is -0.420. The summed E-state index contributed by atoms with van der Waals surface area (Å²) in [6.07, 6.45) is 2.29. The number of hydrogen-bond acceptors (Lipinski definition) is 3. The number of nitrogens with zero attached hydrogens (tertiary/aromatic N) is 1. The molecule has 1 N–H and O–H groups in total. The van der Waals surface area contributed by atoms with Gasteiger partial charge in [0.1, 0.15) is 0 Å². The first kappa shape index (κ1) is 13.3. The van der Waals surface area contributed by atoms with Crippen molar-refractivity contribution in [2.75, 3.05) is 5.32 Å². The predicted molar refractivity (Wildman–Crippen MR) is 75.0 cm³/mol. The standard InChI is InChI=1S/C13H14ClFN2S/c1-8(5-11-4-3-9(2)18-11)17-13-12(15)6-10(14)7-16-13/h3-4,6-8H,5H2,1-2H3,(H,16,17). The Morgan fingerprint density at radius 2 is 2.28 bits per heavy atom. The summed E-state index contributed by atoms with van der Waals surface area (Å²) in [5.74, 6) is -0.170. The average Bonchev–Trinajstić information content (AvgIpc) is 2.68. The molecule has 18 heavy (non-hydrogen) atoms. The lowest BCUT2D eigenvalue weighted by Gasteiger charge is -2.14. The lowest BCUT2D eigenvalue weighted by atomic mass is 10.2. The molecule has 2 heterocycles. The summed E-state index contributed by atoms with van der Waals surface area (Å²) in [7, 11) is 0. The number of nitrogens with one attached hydrogen (secondary N) is 1. The van der Waals surface area contributed by atoms with E-state index >= 15 is 0 Å². The maximum Gasteiger partial charge on any atom is 0.166 e. The molecule has 5 heteroatoms. The molecule has 0 aliphatic heterocycles. The predicted octanol–water partition coefficient (Wildman–Crippen LogP) is 4.29. The van der Waals surface area contributed by atoms with Gasteiger partial charge in [0.05, 0.1) is 5.02 Å². The second kappa shape index (κ2) is 5.67. The molecule has 2 aromatic rings. The molecule has 0 aliphatic carbocycles. The van der Waals surface area contributed by atoms with Gasteiger partial charge in [0.2, 0.25) is 0 Å². The Kier molecular flexibility index (Phi) is 4.19. The van der Waals surface area contributed by atoms with Crippen LogP contribution in [0.4, 0.5) is 10.2 Å². The largest absolute Gasteiger partial charge is 0.365 e. The quantitative estimate of drug-likeness (QED) is 0.906. The Morgan fingerprint density at radius 1 is 1.50 bits per heavy atom. The SMILES string of the molecule is Cc1ccc(CC(C)Nc2ncc(Cl)cc2F)s1. The van der Waals surface area contributed by atoms with Crippen molar-refractivity contribution in [1.29, 1.82) is 0 Å². The van der Waals surface area contributed by atoms with Gasteiger partial charge in [-0.15, -0.1) is 11.3 Å². The number of aromatic nitrogens is 1. The number of hydrogen-bond donors (Lipinski definition) is 1. The lowest BCUT2D eigenvalue weighted by molar-refractivity contribution is 0.619. The van der Waals surface area contributed by atoms with Gasteiger partial charge in [0, 0.05) is 28.4 Å². The fraction of sp³-hybridized carbons (Fsp3) is 0.308. The van der Waals surface area contributed by atoms with Crippen LogP contribution in [0.15, 0.2) is 24.4 Å². The van der Waals surface area contributed by atoms with Crippen molar-refractivity contribution >= 4 is 28.8 Å². The van der Waals surface area contributed by atoms with Gasteiger partial charge in [0.25, 0.3) is 0 Å². The van der Waals surface area contributed by atoms with Crippen LogP contribution in [0.25, 0.3) is 0 Å². The van der Waals surface area contributed by atoms with Gasteiger partial charge in [-0.2, -0.15) is 0 Å². The van der Waals surface area contributed by atoms with E-state index in [1.165, 1.54) is 22.0 Å². The maximum atomic E-state index is 13.5. The van der Waals surface area contributed by atoms with Gasteiger partial charge in [-0.3, -0.25) is 0 Å². The molecule has 0 aromatic carbocycles. The van der Waals surface area contributed by atoms with Crippen LogP contribution in [-0.4, -0.2) is 11.0 Å². The summed E-state index contributed by atoms with van der Waals surface area (Å²) in [4.78, 5) is 6.51. The third-order valence-electron chi connectivity index (χ3n) is 2.49. The van der Waals surface area contributed by atoms with E-state index in [2.05, 4.69) is 29.4 Å². The van der Waals surface area contributed by atoms with E-state index in [4.69, 9.17) is 11.6 Å². The van der Waals surface area contributed by atoms with Crippen LogP contribution < -0.4 is 5.32 Å². The van der Waals surface area contributed by atoms with Gasteiger partial charge in [0.15, 0.2) is 11.6 Å². The van der Waals surface area contributed by atoms with Gasteiger partial charge in [-0.1, -0.05) is 11.6 Å². The van der Waals surface area contributed by atoms with Gasteiger partial charge < -0.3 is 5.32 Å². The fourth-order valence-corrected chi connectivity index (χ4v) is 2.87. The number of anilines is 1. The second-order valence-corrected chi connectivity index (χ2v) is 6.05. The molecule has 0 fully saturated rings. The highest BCUT2D eigenvalue weighted by Gasteiger charge is 2.10. The van der Waals surface area contributed by atoms with Crippen molar-refractivity contribution in [3.05, 3.63) is 45.0 Å². The Balaban J connectivity index is 2.00. The summed E-state index contributed by atoms with van der Waals surface area (Å²) in [5.41, 5.74) is 0. The Hall–Kier alpha value is -1.13. The zero-order valence-corrected chi connectivity index (χ0v) is 11.8. The van der Waals surface area contributed by atoms with E-state index in [0.717, 1.165) is 6.42 Å². The van der Waals surface area contributed by atoms with Crippen LogP contribution in [0, 0.1) is 12.7 Å². The summed E-state index contributed by atoms with van der Waals surface area (Å²) >= 11 is 7.42. The van der Waals surface area contributed by atoms with E-state index in [1.807, 2.05) is 6.92 Å². The minimum Gasteiger partial charge on any atom is -0.365 e. The molecule has 0 saturated carbocycles. The topological polar surface area (TPSA) is 24.9 Å². The molecular weight excluding hydrogens is 271 g/mol. The molecule has 0 saturated heterocycles. The van der Waals surface area contributed by atoms with Gasteiger partial charge in [-0.25, -0.2) is 9.37 Å². The molecule has 1 unspecified atom stereocenters. The maximum absolute atomic E-state index is 13.5. The monoisotopic (exact) mass is 284 g/mol. The Bertz CT molecular complexity index is 542. The third kappa shape index (κ3) is 3.43. The third-order valence-corrected chi connectivity index (χ3v) is 3.72. The van der Waals surface area contributed by atoms with Crippen molar-refractivity contribution in [1.82, 2.24) is 4.98 Å². The molecule has 1 atom stereocenters. The van der Waals surface area contributed by atoms with Crippen molar-refractivity contribution in [3.63, 3.8) is 0 Å². The molecule has 0 bridgehead atoms.